The highest BCUT2D eigenvalue weighted by atomic mass is 28.3. The summed E-state index contributed by atoms with van der Waals surface area (Å²) in [5, 5.41) is 2.37. The lowest BCUT2D eigenvalue weighted by molar-refractivity contribution is 0.0738. The third-order valence-electron chi connectivity index (χ3n) is 1.74. The Morgan fingerprint density at radius 3 is 2.57 bits per heavy atom. The molecule has 1 N–H and O–H groups in total. The molecule has 0 aromatic carbocycles. The van der Waals surface area contributed by atoms with Crippen LogP contribution in [0.15, 0.2) is 0 Å². The van der Waals surface area contributed by atoms with E-state index in [1.54, 1.807) is 0 Å². The Balaban J connectivity index is 3.03. The van der Waals surface area contributed by atoms with Crippen molar-refractivity contribution in [1.29, 1.82) is 0 Å². The molecule has 4 nitrogen and oxygen atoms in total. The van der Waals surface area contributed by atoms with E-state index in [0.29, 0.717) is 13.2 Å². The molecular formula is C9H21NO3Si. The molecule has 0 aliphatic carbocycles. The minimum atomic E-state index is -0.426. The Morgan fingerprint density at radius 2 is 2.00 bits per heavy atom. The fraction of sp³-hybridized carbons (Fsp3) is 0.889. The van der Waals surface area contributed by atoms with Gasteiger partial charge in [0.2, 0.25) is 0 Å². The van der Waals surface area contributed by atoms with Crippen LogP contribution in [0.5, 0.6) is 0 Å². The number of ether oxygens (including phenoxy) is 2. The number of carbonyl (C=O) groups is 1. The Morgan fingerprint density at radius 1 is 1.29 bits per heavy atom. The molecule has 84 valence electrons. The molecule has 0 unspecified atom stereocenters. The summed E-state index contributed by atoms with van der Waals surface area (Å²) in [4.78, 5) is 10.6. The van der Waals surface area contributed by atoms with E-state index < -0.39 is 14.9 Å². The summed E-state index contributed by atoms with van der Waals surface area (Å²) in [6.45, 7) is 6.26. The summed E-state index contributed by atoms with van der Waals surface area (Å²) >= 11 is 0. The summed E-state index contributed by atoms with van der Waals surface area (Å²) in [7, 11) is 1.11. The summed E-state index contributed by atoms with van der Waals surface area (Å²) in [6, 6.07) is 1.32. The van der Waals surface area contributed by atoms with Crippen molar-refractivity contribution in [3.05, 3.63) is 0 Å². The average Bonchev–Trinajstić information content (AvgIpc) is 2.15. The maximum absolute atomic E-state index is 10.6. The monoisotopic (exact) mass is 219 g/mol. The molecule has 0 saturated heterocycles. The van der Waals surface area contributed by atoms with E-state index in [2.05, 4.69) is 18.4 Å². The first-order valence-corrected chi connectivity index (χ1v) is 8.21. The predicted octanol–water partition coefficient (Wildman–Crippen LogP) is 1.24. The molecule has 0 saturated carbocycles. The molecule has 0 fully saturated rings. The van der Waals surface area contributed by atoms with Gasteiger partial charge in [-0.15, -0.1) is 0 Å². The van der Waals surface area contributed by atoms with Crippen LogP contribution in [-0.4, -0.2) is 41.8 Å². The number of amides is 1. The number of hydrogen-bond donors (Lipinski definition) is 1. The van der Waals surface area contributed by atoms with Gasteiger partial charge >= 0.3 is 6.09 Å². The third kappa shape index (κ3) is 9.53. The zero-order valence-corrected chi connectivity index (χ0v) is 10.5. The van der Waals surface area contributed by atoms with Gasteiger partial charge in [0.05, 0.1) is 6.61 Å². The van der Waals surface area contributed by atoms with Crippen molar-refractivity contribution in [2.24, 2.45) is 0 Å². The van der Waals surface area contributed by atoms with E-state index in [4.69, 9.17) is 9.47 Å². The number of nitrogens with one attached hydrogen (secondary N) is 1. The molecule has 0 aliphatic rings. The second kappa shape index (κ2) is 9.02. The first-order chi connectivity index (χ1) is 6.66. The number of alkyl carbamates (subject to hydrolysis) is 1. The average molecular weight is 219 g/mol. The van der Waals surface area contributed by atoms with Crippen LogP contribution >= 0.6 is 0 Å². The Kier molecular flexibility index (Phi) is 8.66. The van der Waals surface area contributed by atoms with Crippen LogP contribution in [0.25, 0.3) is 0 Å². The summed E-state index contributed by atoms with van der Waals surface area (Å²) < 4.78 is 10.0. The SMILES string of the molecule is CNC(=O)OCCOCCC[SiH](C)C. The first-order valence-electron chi connectivity index (χ1n) is 5.09. The molecule has 1 amide bonds. The van der Waals surface area contributed by atoms with Gasteiger partial charge in [-0.25, -0.2) is 4.79 Å². The molecule has 0 radical (unpaired) electrons. The Labute approximate surface area is 87.6 Å². The van der Waals surface area contributed by atoms with E-state index in [1.165, 1.54) is 13.1 Å². The molecule has 0 heterocycles. The van der Waals surface area contributed by atoms with Gasteiger partial charge in [-0.2, -0.15) is 0 Å². The minimum Gasteiger partial charge on any atom is -0.447 e. The van der Waals surface area contributed by atoms with Crippen molar-refractivity contribution in [3.63, 3.8) is 0 Å². The lowest BCUT2D eigenvalue weighted by atomic mass is 10.5. The van der Waals surface area contributed by atoms with Crippen LogP contribution in [0.1, 0.15) is 6.42 Å². The Bertz CT molecular complexity index is 153. The molecule has 0 aromatic rings. The molecular weight excluding hydrogens is 198 g/mol. The highest BCUT2D eigenvalue weighted by Crippen LogP contribution is 1.96. The largest absolute Gasteiger partial charge is 0.447 e. The molecule has 0 bridgehead atoms. The van der Waals surface area contributed by atoms with Crippen LogP contribution in [0, 0.1) is 0 Å². The highest BCUT2D eigenvalue weighted by molar-refractivity contribution is 6.55. The van der Waals surface area contributed by atoms with Crippen LogP contribution in [0.4, 0.5) is 4.79 Å². The van der Waals surface area contributed by atoms with Crippen molar-refractivity contribution < 1.29 is 14.3 Å². The molecule has 0 atom stereocenters. The standard InChI is InChI=1S/C9H21NO3Si/c1-10-9(11)13-7-6-12-5-4-8-14(2)3/h14H,4-8H2,1-3H3,(H,10,11). The number of hydrogen-bond acceptors (Lipinski definition) is 3. The van der Waals surface area contributed by atoms with E-state index in [1.807, 2.05) is 0 Å². The molecule has 0 spiro atoms. The maximum Gasteiger partial charge on any atom is 0.406 e. The second-order valence-electron chi connectivity index (χ2n) is 3.53. The van der Waals surface area contributed by atoms with E-state index in [9.17, 15) is 4.79 Å². The predicted molar refractivity (Wildman–Crippen MR) is 59.5 cm³/mol. The van der Waals surface area contributed by atoms with Crippen LogP contribution < -0.4 is 5.32 Å². The van der Waals surface area contributed by atoms with Gasteiger partial charge in [0, 0.05) is 22.5 Å². The lowest BCUT2D eigenvalue weighted by Crippen LogP contribution is -2.21. The van der Waals surface area contributed by atoms with Crippen LogP contribution in [0.3, 0.4) is 0 Å². The second-order valence-corrected chi connectivity index (χ2v) is 6.90. The van der Waals surface area contributed by atoms with Crippen LogP contribution in [0.2, 0.25) is 19.1 Å². The van der Waals surface area contributed by atoms with Gasteiger partial charge in [0.25, 0.3) is 0 Å². The van der Waals surface area contributed by atoms with Crippen LogP contribution in [-0.2, 0) is 9.47 Å². The van der Waals surface area contributed by atoms with Crippen molar-refractivity contribution in [2.45, 2.75) is 25.6 Å². The lowest BCUT2D eigenvalue weighted by Gasteiger charge is -2.06. The third-order valence-corrected chi connectivity index (χ3v) is 3.30. The van der Waals surface area contributed by atoms with Crippen molar-refractivity contribution in [1.82, 2.24) is 5.32 Å². The molecule has 0 aromatic heterocycles. The quantitative estimate of drug-likeness (QED) is 0.517. The van der Waals surface area contributed by atoms with Gasteiger partial charge in [0.15, 0.2) is 0 Å². The topological polar surface area (TPSA) is 47.6 Å². The summed E-state index contributed by atoms with van der Waals surface area (Å²) in [6.07, 6.45) is 0.729. The van der Waals surface area contributed by atoms with E-state index >= 15 is 0 Å². The summed E-state index contributed by atoms with van der Waals surface area (Å²) in [5.74, 6) is 0. The van der Waals surface area contributed by atoms with E-state index in [-0.39, 0.29) is 0 Å². The van der Waals surface area contributed by atoms with Crippen molar-refractivity contribution in [2.75, 3.05) is 26.9 Å². The van der Waals surface area contributed by atoms with Gasteiger partial charge in [-0.1, -0.05) is 19.1 Å². The molecule has 5 heteroatoms. The smallest absolute Gasteiger partial charge is 0.406 e. The zero-order valence-electron chi connectivity index (χ0n) is 9.34. The highest BCUT2D eigenvalue weighted by Gasteiger charge is 1.97. The maximum atomic E-state index is 10.6. The van der Waals surface area contributed by atoms with E-state index in [0.717, 1.165) is 13.0 Å². The van der Waals surface area contributed by atoms with Crippen molar-refractivity contribution in [3.8, 4) is 0 Å². The van der Waals surface area contributed by atoms with Gasteiger partial charge in [0.1, 0.15) is 6.61 Å². The van der Waals surface area contributed by atoms with Gasteiger partial charge in [-0.05, 0) is 6.42 Å². The van der Waals surface area contributed by atoms with Gasteiger partial charge < -0.3 is 14.8 Å². The summed E-state index contributed by atoms with van der Waals surface area (Å²) in [5.41, 5.74) is 0. The van der Waals surface area contributed by atoms with Gasteiger partial charge in [-0.3, -0.25) is 0 Å². The first kappa shape index (κ1) is 13.4. The number of rotatable bonds is 7. The zero-order chi connectivity index (χ0) is 10.8. The molecule has 0 rings (SSSR count). The normalized spacial score (nSPS) is 10.3. The van der Waals surface area contributed by atoms with Crippen molar-refractivity contribution >= 4 is 14.9 Å². The fourth-order valence-electron chi connectivity index (χ4n) is 0.961. The number of carbonyl (C=O) groups excluding carboxylic acids is 1. The molecule has 14 heavy (non-hydrogen) atoms. The minimum absolute atomic E-state index is 0.332. The molecule has 0 aliphatic heterocycles. The fourth-order valence-corrected chi connectivity index (χ4v) is 1.94. The Hall–Kier alpha value is -0.553.